The van der Waals surface area contributed by atoms with Gasteiger partial charge in [-0.25, -0.2) is 9.67 Å². The maximum absolute atomic E-state index is 13.2. The molecule has 0 aliphatic rings. The van der Waals surface area contributed by atoms with Crippen molar-refractivity contribution in [1.82, 2.24) is 19.3 Å². The molecule has 2 aromatic carbocycles. The number of hydrogen-bond acceptors (Lipinski definition) is 4. The molecular formula is C23H18N4OS. The molecule has 0 atom stereocenters. The quantitative estimate of drug-likeness (QED) is 0.442. The van der Waals surface area contributed by atoms with Gasteiger partial charge in [-0.1, -0.05) is 42.5 Å². The molecule has 6 heteroatoms. The van der Waals surface area contributed by atoms with Crippen molar-refractivity contribution < 1.29 is 0 Å². The van der Waals surface area contributed by atoms with Gasteiger partial charge >= 0.3 is 0 Å². The van der Waals surface area contributed by atoms with Crippen LogP contribution in [0.3, 0.4) is 0 Å². The first-order chi connectivity index (χ1) is 14.2. The number of benzene rings is 2. The maximum Gasteiger partial charge on any atom is 0.262 e. The molecule has 0 spiro atoms. The Hall–Kier alpha value is -3.51. The molecular weight excluding hydrogens is 380 g/mol. The Kier molecular flexibility index (Phi) is 4.33. The first kappa shape index (κ1) is 17.6. The minimum absolute atomic E-state index is 0.00193. The van der Waals surface area contributed by atoms with Gasteiger partial charge in [0, 0.05) is 17.3 Å². The fraction of sp³-hybridized carbons (Fsp3) is 0.0870. The van der Waals surface area contributed by atoms with Crippen LogP contribution in [0.15, 0.2) is 84.2 Å². The van der Waals surface area contributed by atoms with Gasteiger partial charge < -0.3 is 0 Å². The first-order valence-electron chi connectivity index (χ1n) is 9.33. The normalized spacial score (nSPS) is 11.2. The second kappa shape index (κ2) is 7.14. The maximum atomic E-state index is 13.2. The number of aromatic nitrogens is 4. The Bertz CT molecular complexity index is 1330. The third kappa shape index (κ3) is 3.17. The highest BCUT2D eigenvalue weighted by molar-refractivity contribution is 7.22. The Morgan fingerprint density at radius 2 is 1.79 bits per heavy atom. The van der Waals surface area contributed by atoms with Crippen LogP contribution in [0, 0.1) is 6.92 Å². The van der Waals surface area contributed by atoms with Gasteiger partial charge in [-0.15, -0.1) is 11.3 Å². The molecule has 0 saturated heterocycles. The highest BCUT2D eigenvalue weighted by Gasteiger charge is 2.15. The fourth-order valence-electron chi connectivity index (χ4n) is 3.51. The van der Waals surface area contributed by atoms with Crippen LogP contribution in [0.25, 0.3) is 26.3 Å². The van der Waals surface area contributed by atoms with Gasteiger partial charge in [0.15, 0.2) is 0 Å². The summed E-state index contributed by atoms with van der Waals surface area (Å²) < 4.78 is 3.49. The van der Waals surface area contributed by atoms with Crippen LogP contribution >= 0.6 is 11.3 Å². The van der Waals surface area contributed by atoms with Gasteiger partial charge in [0.25, 0.3) is 5.56 Å². The molecule has 3 aromatic heterocycles. The van der Waals surface area contributed by atoms with Crippen molar-refractivity contribution in [3.63, 3.8) is 0 Å². The summed E-state index contributed by atoms with van der Waals surface area (Å²) in [4.78, 5) is 19.6. The van der Waals surface area contributed by atoms with Crippen LogP contribution in [-0.4, -0.2) is 19.3 Å². The molecule has 3 heterocycles. The molecule has 0 amide bonds. The molecule has 5 rings (SSSR count). The third-order valence-electron chi connectivity index (χ3n) is 5.01. The number of nitrogens with zero attached hydrogens (tertiary/aromatic N) is 4. The summed E-state index contributed by atoms with van der Waals surface area (Å²) in [5.41, 5.74) is 4.15. The SMILES string of the molecule is Cc1c(-c2ccccc2)sc2ncn(Cc3ccc(-n4cccn4)cc3)c(=O)c12. The van der Waals surface area contributed by atoms with Crippen molar-refractivity contribution in [3.8, 4) is 16.1 Å². The largest absolute Gasteiger partial charge is 0.294 e. The molecule has 142 valence electrons. The van der Waals surface area contributed by atoms with Crippen LogP contribution < -0.4 is 5.56 Å². The molecule has 0 aliphatic heterocycles. The smallest absolute Gasteiger partial charge is 0.262 e. The highest BCUT2D eigenvalue weighted by atomic mass is 32.1. The molecule has 0 aliphatic carbocycles. The van der Waals surface area contributed by atoms with Crippen LogP contribution in [0.1, 0.15) is 11.1 Å². The van der Waals surface area contributed by atoms with E-state index in [2.05, 4.69) is 22.2 Å². The van der Waals surface area contributed by atoms with Crippen molar-refractivity contribution in [2.75, 3.05) is 0 Å². The van der Waals surface area contributed by atoms with E-state index in [9.17, 15) is 4.79 Å². The minimum Gasteiger partial charge on any atom is -0.294 e. The lowest BCUT2D eigenvalue weighted by Gasteiger charge is -2.07. The Morgan fingerprint density at radius 3 is 2.52 bits per heavy atom. The van der Waals surface area contributed by atoms with E-state index in [1.807, 2.05) is 66.3 Å². The van der Waals surface area contributed by atoms with Gasteiger partial charge in [0.2, 0.25) is 0 Å². The topological polar surface area (TPSA) is 52.7 Å². The summed E-state index contributed by atoms with van der Waals surface area (Å²) >= 11 is 1.57. The highest BCUT2D eigenvalue weighted by Crippen LogP contribution is 2.35. The predicted octanol–water partition coefficient (Wildman–Crippen LogP) is 4.67. The molecule has 0 fully saturated rings. The summed E-state index contributed by atoms with van der Waals surface area (Å²) in [6, 6.07) is 20.1. The van der Waals surface area contributed by atoms with E-state index in [0.29, 0.717) is 11.9 Å². The summed E-state index contributed by atoms with van der Waals surface area (Å²) in [5, 5.41) is 4.95. The van der Waals surface area contributed by atoms with Crippen LogP contribution in [0.5, 0.6) is 0 Å². The van der Waals surface area contributed by atoms with Crippen molar-refractivity contribution >= 4 is 21.6 Å². The predicted molar refractivity (Wildman–Crippen MR) is 117 cm³/mol. The lowest BCUT2D eigenvalue weighted by atomic mass is 10.1. The van der Waals surface area contributed by atoms with Crippen molar-refractivity contribution in [2.24, 2.45) is 0 Å². The van der Waals surface area contributed by atoms with Crippen LogP contribution in [0.2, 0.25) is 0 Å². The average molecular weight is 398 g/mol. The standard InChI is InChI=1S/C23H18N4OS/c1-16-20-22(29-21(16)18-6-3-2-4-7-18)24-15-26(23(20)28)14-17-8-10-19(11-9-17)27-13-5-12-25-27/h2-13,15H,14H2,1H3. The molecule has 0 N–H and O–H groups in total. The number of rotatable bonds is 4. The monoisotopic (exact) mass is 398 g/mol. The van der Waals surface area contributed by atoms with E-state index in [1.54, 1.807) is 28.4 Å². The molecule has 5 aromatic rings. The van der Waals surface area contributed by atoms with Crippen LogP contribution in [-0.2, 0) is 6.54 Å². The van der Waals surface area contributed by atoms with E-state index in [4.69, 9.17) is 0 Å². The summed E-state index contributed by atoms with van der Waals surface area (Å²) in [6.45, 7) is 2.49. The van der Waals surface area contributed by atoms with Gasteiger partial charge in [-0.05, 0) is 41.8 Å². The molecule has 5 nitrogen and oxygen atoms in total. The zero-order valence-corrected chi connectivity index (χ0v) is 16.6. The van der Waals surface area contributed by atoms with E-state index in [1.165, 1.54) is 0 Å². The van der Waals surface area contributed by atoms with Gasteiger partial charge in [0.05, 0.1) is 23.9 Å². The lowest BCUT2D eigenvalue weighted by molar-refractivity contribution is 0.748. The van der Waals surface area contributed by atoms with E-state index in [-0.39, 0.29) is 5.56 Å². The van der Waals surface area contributed by atoms with Crippen molar-refractivity contribution in [3.05, 3.63) is 101 Å². The molecule has 29 heavy (non-hydrogen) atoms. The number of thiophene rings is 1. The number of aryl methyl sites for hydroxylation is 1. The van der Waals surface area contributed by atoms with Gasteiger partial charge in [-0.2, -0.15) is 5.10 Å². The zero-order valence-electron chi connectivity index (χ0n) is 15.8. The van der Waals surface area contributed by atoms with Crippen molar-refractivity contribution in [1.29, 1.82) is 0 Å². The lowest BCUT2D eigenvalue weighted by Crippen LogP contribution is -2.21. The van der Waals surface area contributed by atoms with E-state index < -0.39 is 0 Å². The second-order valence-electron chi connectivity index (χ2n) is 6.90. The third-order valence-corrected chi connectivity index (χ3v) is 6.26. The summed E-state index contributed by atoms with van der Waals surface area (Å²) in [6.07, 6.45) is 5.30. The second-order valence-corrected chi connectivity index (χ2v) is 7.90. The van der Waals surface area contributed by atoms with Crippen molar-refractivity contribution in [2.45, 2.75) is 13.5 Å². The number of fused-ring (bicyclic) bond motifs is 1. The molecule has 0 unspecified atom stereocenters. The first-order valence-corrected chi connectivity index (χ1v) is 10.2. The average Bonchev–Trinajstić information content (AvgIpc) is 3.40. The summed E-state index contributed by atoms with van der Waals surface area (Å²) in [5.74, 6) is 0. The fourth-order valence-corrected chi connectivity index (χ4v) is 4.65. The number of hydrogen-bond donors (Lipinski definition) is 0. The minimum atomic E-state index is 0.00193. The van der Waals surface area contributed by atoms with Gasteiger partial charge in [-0.3, -0.25) is 9.36 Å². The Labute approximate surface area is 171 Å². The van der Waals surface area contributed by atoms with E-state index >= 15 is 0 Å². The zero-order chi connectivity index (χ0) is 19.8. The Balaban J connectivity index is 1.50. The molecule has 0 radical (unpaired) electrons. The van der Waals surface area contributed by atoms with E-state index in [0.717, 1.165) is 32.1 Å². The van der Waals surface area contributed by atoms with Crippen LogP contribution in [0.4, 0.5) is 0 Å². The molecule has 0 saturated carbocycles. The summed E-state index contributed by atoms with van der Waals surface area (Å²) in [7, 11) is 0. The Morgan fingerprint density at radius 1 is 1.00 bits per heavy atom. The van der Waals surface area contributed by atoms with Gasteiger partial charge in [0.1, 0.15) is 4.83 Å². The molecule has 0 bridgehead atoms.